The Hall–Kier alpha value is -1.73. The van der Waals surface area contributed by atoms with Crippen molar-refractivity contribution in [3.63, 3.8) is 0 Å². The number of rotatable bonds is 3. The zero-order chi connectivity index (χ0) is 15.9. The highest BCUT2D eigenvalue weighted by atomic mass is 32.2. The molecule has 0 radical (unpaired) electrons. The lowest BCUT2D eigenvalue weighted by Crippen LogP contribution is -2.37. The molecule has 1 saturated heterocycles. The van der Waals surface area contributed by atoms with Gasteiger partial charge in [-0.15, -0.1) is 0 Å². The van der Waals surface area contributed by atoms with E-state index in [0.717, 1.165) is 42.7 Å². The maximum Gasteiger partial charge on any atom is 0.217 e. The molecule has 122 valence electrons. The van der Waals surface area contributed by atoms with Crippen LogP contribution in [0.25, 0.3) is 11.0 Å². The average Bonchev–Trinajstić information content (AvgIpc) is 3.40. The van der Waals surface area contributed by atoms with E-state index in [0.29, 0.717) is 19.6 Å². The van der Waals surface area contributed by atoms with Crippen molar-refractivity contribution in [2.24, 2.45) is 0 Å². The summed E-state index contributed by atoms with van der Waals surface area (Å²) in [5.41, 5.74) is 1.75. The minimum Gasteiger partial charge on any atom is -0.354 e. The van der Waals surface area contributed by atoms with Gasteiger partial charge in [0, 0.05) is 26.2 Å². The molecule has 0 spiro atoms. The Morgan fingerprint density at radius 3 is 2.57 bits per heavy atom. The van der Waals surface area contributed by atoms with Gasteiger partial charge in [-0.3, -0.25) is 4.98 Å². The Kier molecular flexibility index (Phi) is 3.69. The molecule has 1 saturated carbocycles. The molecule has 0 bridgehead atoms. The Labute approximate surface area is 136 Å². The lowest BCUT2D eigenvalue weighted by molar-refractivity contribution is 0.432. The van der Waals surface area contributed by atoms with Crippen LogP contribution in [-0.2, 0) is 10.0 Å². The topological polar surface area (TPSA) is 66.4 Å². The quantitative estimate of drug-likeness (QED) is 0.855. The molecule has 0 unspecified atom stereocenters. The van der Waals surface area contributed by atoms with Gasteiger partial charge in [-0.05, 0) is 31.4 Å². The molecule has 2 aromatic rings. The van der Waals surface area contributed by atoms with E-state index in [2.05, 4.69) is 14.9 Å². The molecule has 1 aliphatic heterocycles. The molecule has 23 heavy (non-hydrogen) atoms. The number of anilines is 1. The van der Waals surface area contributed by atoms with Crippen molar-refractivity contribution in [2.75, 3.05) is 31.1 Å². The molecule has 0 atom stereocenters. The average molecular weight is 332 g/mol. The van der Waals surface area contributed by atoms with E-state index < -0.39 is 10.0 Å². The minimum atomic E-state index is -3.08. The van der Waals surface area contributed by atoms with E-state index in [1.807, 2.05) is 24.3 Å². The summed E-state index contributed by atoms with van der Waals surface area (Å²) in [6.45, 7) is 2.62. The second kappa shape index (κ2) is 5.72. The molecular weight excluding hydrogens is 312 g/mol. The highest BCUT2D eigenvalue weighted by Crippen LogP contribution is 2.31. The molecule has 1 aromatic heterocycles. The second-order valence-electron chi connectivity index (χ2n) is 6.20. The van der Waals surface area contributed by atoms with Crippen LogP contribution in [0.1, 0.15) is 19.3 Å². The maximum absolute atomic E-state index is 12.4. The highest BCUT2D eigenvalue weighted by molar-refractivity contribution is 7.90. The van der Waals surface area contributed by atoms with Gasteiger partial charge in [-0.2, -0.15) is 4.31 Å². The number of para-hydroxylation sites is 2. The molecule has 2 aliphatic rings. The van der Waals surface area contributed by atoms with E-state index in [4.69, 9.17) is 0 Å². The first kappa shape index (κ1) is 14.8. The van der Waals surface area contributed by atoms with Crippen molar-refractivity contribution in [1.82, 2.24) is 14.3 Å². The molecule has 0 N–H and O–H groups in total. The van der Waals surface area contributed by atoms with Crippen molar-refractivity contribution in [3.05, 3.63) is 30.5 Å². The van der Waals surface area contributed by atoms with E-state index in [1.165, 1.54) is 0 Å². The van der Waals surface area contributed by atoms with Gasteiger partial charge < -0.3 is 4.90 Å². The van der Waals surface area contributed by atoms with Crippen molar-refractivity contribution in [3.8, 4) is 0 Å². The third-order valence-electron chi connectivity index (χ3n) is 4.52. The Bertz CT molecular complexity index is 820. The zero-order valence-corrected chi connectivity index (χ0v) is 13.7. The first-order valence-corrected chi connectivity index (χ1v) is 9.60. The van der Waals surface area contributed by atoms with Crippen LogP contribution in [0.2, 0.25) is 0 Å². The Morgan fingerprint density at radius 1 is 1.00 bits per heavy atom. The van der Waals surface area contributed by atoms with Crippen molar-refractivity contribution >= 4 is 26.9 Å². The van der Waals surface area contributed by atoms with E-state index in [-0.39, 0.29) is 5.25 Å². The van der Waals surface area contributed by atoms with Crippen LogP contribution in [0, 0.1) is 0 Å². The minimum absolute atomic E-state index is 0.130. The van der Waals surface area contributed by atoms with Gasteiger partial charge in [0.05, 0.1) is 22.5 Å². The van der Waals surface area contributed by atoms with Crippen LogP contribution in [0.4, 0.5) is 5.82 Å². The van der Waals surface area contributed by atoms with Gasteiger partial charge in [0.2, 0.25) is 10.0 Å². The SMILES string of the molecule is O=S(=O)(C1CC1)N1CCCN(c2cnc3ccccc3n2)CC1. The number of hydrogen-bond acceptors (Lipinski definition) is 5. The summed E-state index contributed by atoms with van der Waals surface area (Å²) in [5.74, 6) is 0.828. The molecule has 1 aliphatic carbocycles. The van der Waals surface area contributed by atoms with Gasteiger partial charge in [0.1, 0.15) is 5.82 Å². The summed E-state index contributed by atoms with van der Waals surface area (Å²) in [7, 11) is -3.08. The van der Waals surface area contributed by atoms with Crippen molar-refractivity contribution < 1.29 is 8.42 Å². The number of benzene rings is 1. The molecular formula is C16H20N4O2S. The normalized spacial score (nSPS) is 20.6. The lowest BCUT2D eigenvalue weighted by atomic mass is 10.3. The summed E-state index contributed by atoms with van der Waals surface area (Å²) in [6.07, 6.45) is 4.24. The number of sulfonamides is 1. The molecule has 2 heterocycles. The first-order valence-electron chi connectivity index (χ1n) is 8.10. The molecule has 6 nitrogen and oxygen atoms in total. The van der Waals surface area contributed by atoms with Gasteiger partial charge in [0.15, 0.2) is 0 Å². The van der Waals surface area contributed by atoms with Crippen LogP contribution < -0.4 is 4.90 Å². The predicted octanol–water partition coefficient (Wildman–Crippen LogP) is 1.63. The largest absolute Gasteiger partial charge is 0.354 e. The molecule has 1 aromatic carbocycles. The summed E-state index contributed by atoms with van der Waals surface area (Å²) in [5, 5.41) is -0.130. The number of hydrogen-bond donors (Lipinski definition) is 0. The van der Waals surface area contributed by atoms with Crippen LogP contribution in [-0.4, -0.2) is 54.1 Å². The number of aromatic nitrogens is 2. The molecule has 4 rings (SSSR count). The van der Waals surface area contributed by atoms with Gasteiger partial charge in [-0.25, -0.2) is 13.4 Å². The predicted molar refractivity (Wildman–Crippen MR) is 89.9 cm³/mol. The van der Waals surface area contributed by atoms with Gasteiger partial charge in [0.25, 0.3) is 0 Å². The van der Waals surface area contributed by atoms with Gasteiger partial charge >= 0.3 is 0 Å². The van der Waals surface area contributed by atoms with Crippen LogP contribution >= 0.6 is 0 Å². The first-order chi connectivity index (χ1) is 11.1. The second-order valence-corrected chi connectivity index (χ2v) is 8.41. The molecule has 2 fully saturated rings. The van der Waals surface area contributed by atoms with Crippen molar-refractivity contribution in [1.29, 1.82) is 0 Å². The lowest BCUT2D eigenvalue weighted by Gasteiger charge is -2.22. The van der Waals surface area contributed by atoms with Gasteiger partial charge in [-0.1, -0.05) is 12.1 Å². The fourth-order valence-corrected chi connectivity index (χ4v) is 4.93. The monoisotopic (exact) mass is 332 g/mol. The highest BCUT2D eigenvalue weighted by Gasteiger charge is 2.40. The number of nitrogens with zero attached hydrogens (tertiary/aromatic N) is 4. The summed E-state index contributed by atoms with van der Waals surface area (Å²) < 4.78 is 26.5. The molecule has 0 amide bonds. The standard InChI is InChI=1S/C16H20N4O2S/c21-23(22,13-6-7-13)20-9-3-8-19(10-11-20)16-12-17-14-4-1-2-5-15(14)18-16/h1-2,4-5,12-13H,3,6-11H2. The zero-order valence-electron chi connectivity index (χ0n) is 12.9. The van der Waals surface area contributed by atoms with E-state index in [1.54, 1.807) is 10.5 Å². The fourth-order valence-electron chi connectivity index (χ4n) is 3.05. The summed E-state index contributed by atoms with van der Waals surface area (Å²) in [4.78, 5) is 11.3. The third-order valence-corrected chi connectivity index (χ3v) is 6.92. The van der Waals surface area contributed by atoms with E-state index in [9.17, 15) is 8.42 Å². The van der Waals surface area contributed by atoms with Crippen LogP contribution in [0.15, 0.2) is 30.5 Å². The Morgan fingerprint density at radius 2 is 1.78 bits per heavy atom. The van der Waals surface area contributed by atoms with Crippen LogP contribution in [0.5, 0.6) is 0 Å². The number of fused-ring (bicyclic) bond motifs is 1. The maximum atomic E-state index is 12.4. The fraction of sp³-hybridized carbons (Fsp3) is 0.500. The smallest absolute Gasteiger partial charge is 0.217 e. The third kappa shape index (κ3) is 2.90. The van der Waals surface area contributed by atoms with Crippen LogP contribution in [0.3, 0.4) is 0 Å². The summed E-state index contributed by atoms with van der Waals surface area (Å²) >= 11 is 0. The van der Waals surface area contributed by atoms with Crippen molar-refractivity contribution in [2.45, 2.75) is 24.5 Å². The Balaban J connectivity index is 1.53. The summed E-state index contributed by atoms with van der Waals surface area (Å²) in [6, 6.07) is 7.79. The molecule has 7 heteroatoms. The van der Waals surface area contributed by atoms with E-state index >= 15 is 0 Å².